The third-order valence-electron chi connectivity index (χ3n) is 3.25. The maximum atomic E-state index is 11.1. The molecule has 1 aromatic carbocycles. The molecule has 1 heterocycles. The van der Waals surface area contributed by atoms with Gasteiger partial charge in [-0.1, -0.05) is 0 Å². The Labute approximate surface area is 106 Å². The molecule has 18 heavy (non-hydrogen) atoms. The number of fused-ring (bicyclic) bond motifs is 1. The molecule has 3 N–H and O–H groups in total. The van der Waals surface area contributed by atoms with E-state index in [1.807, 2.05) is 6.92 Å². The molecule has 4 nitrogen and oxygen atoms in total. The van der Waals surface area contributed by atoms with Crippen LogP contribution >= 0.6 is 0 Å². The molecular weight excluding hydrogens is 228 g/mol. The van der Waals surface area contributed by atoms with Crippen LogP contribution in [0.5, 0.6) is 0 Å². The summed E-state index contributed by atoms with van der Waals surface area (Å²) in [7, 11) is 0. The fourth-order valence-electron chi connectivity index (χ4n) is 2.46. The van der Waals surface area contributed by atoms with Gasteiger partial charge >= 0.3 is 5.97 Å². The van der Waals surface area contributed by atoms with Crippen LogP contribution in [0.25, 0.3) is 10.9 Å². The van der Waals surface area contributed by atoms with Crippen molar-refractivity contribution in [1.29, 1.82) is 0 Å². The highest BCUT2D eigenvalue weighted by molar-refractivity contribution is 5.96. The number of nitrogens with zero attached hydrogens (tertiary/aromatic N) is 1. The van der Waals surface area contributed by atoms with Crippen LogP contribution in [-0.2, 0) is 13.0 Å². The van der Waals surface area contributed by atoms with Gasteiger partial charge in [0, 0.05) is 18.1 Å². The molecule has 0 unspecified atom stereocenters. The zero-order valence-corrected chi connectivity index (χ0v) is 10.7. The first-order valence-electron chi connectivity index (χ1n) is 6.14. The lowest BCUT2D eigenvalue weighted by Crippen LogP contribution is -2.02. The first-order valence-corrected chi connectivity index (χ1v) is 6.14. The molecule has 2 rings (SSSR count). The first kappa shape index (κ1) is 12.6. The summed E-state index contributed by atoms with van der Waals surface area (Å²) in [6.45, 7) is 5.47. The second kappa shape index (κ2) is 4.82. The minimum atomic E-state index is -0.886. The van der Waals surface area contributed by atoms with Crippen molar-refractivity contribution in [1.82, 2.24) is 4.57 Å². The van der Waals surface area contributed by atoms with E-state index in [-0.39, 0.29) is 0 Å². The minimum absolute atomic E-state index is 0.340. The standard InChI is InChI=1S/C14H18N2O2/c1-3-16-8-10(4-5-15)12-7-11(14(17)18)6-9(2)13(12)16/h6-8H,3-5,15H2,1-2H3,(H,17,18). The van der Waals surface area contributed by atoms with E-state index in [1.54, 1.807) is 12.1 Å². The van der Waals surface area contributed by atoms with E-state index in [0.29, 0.717) is 12.1 Å². The van der Waals surface area contributed by atoms with Crippen LogP contribution in [0.1, 0.15) is 28.4 Å². The van der Waals surface area contributed by atoms with Gasteiger partial charge in [0.2, 0.25) is 0 Å². The second-order valence-corrected chi connectivity index (χ2v) is 4.47. The summed E-state index contributed by atoms with van der Waals surface area (Å²) >= 11 is 0. The predicted octanol–water partition coefficient (Wildman–Crippen LogP) is 2.17. The average molecular weight is 246 g/mol. The van der Waals surface area contributed by atoms with Gasteiger partial charge in [-0.15, -0.1) is 0 Å². The van der Waals surface area contributed by atoms with Crippen molar-refractivity contribution in [3.63, 3.8) is 0 Å². The molecule has 0 atom stereocenters. The molecule has 0 aliphatic heterocycles. The van der Waals surface area contributed by atoms with Gasteiger partial charge in [-0.25, -0.2) is 4.79 Å². The molecule has 0 bridgehead atoms. The zero-order chi connectivity index (χ0) is 13.3. The van der Waals surface area contributed by atoms with E-state index < -0.39 is 5.97 Å². The Balaban J connectivity index is 2.75. The highest BCUT2D eigenvalue weighted by atomic mass is 16.4. The number of rotatable bonds is 4. The molecule has 1 aromatic heterocycles. The van der Waals surface area contributed by atoms with Gasteiger partial charge in [-0.3, -0.25) is 0 Å². The minimum Gasteiger partial charge on any atom is -0.478 e. The van der Waals surface area contributed by atoms with Crippen LogP contribution < -0.4 is 5.73 Å². The smallest absolute Gasteiger partial charge is 0.335 e. The molecule has 0 spiro atoms. The van der Waals surface area contributed by atoms with Crippen molar-refractivity contribution < 1.29 is 9.90 Å². The number of carboxylic acids is 1. The SMILES string of the molecule is CCn1cc(CCN)c2cc(C(=O)O)cc(C)c21. The molecule has 0 saturated carbocycles. The van der Waals surface area contributed by atoms with Gasteiger partial charge in [0.15, 0.2) is 0 Å². The Morgan fingerprint density at radius 1 is 1.44 bits per heavy atom. The number of carboxylic acid groups (broad SMARTS) is 1. The summed E-state index contributed by atoms with van der Waals surface area (Å²) in [5.41, 5.74) is 9.19. The topological polar surface area (TPSA) is 68.2 Å². The van der Waals surface area contributed by atoms with Crippen molar-refractivity contribution in [2.45, 2.75) is 26.8 Å². The Morgan fingerprint density at radius 3 is 2.72 bits per heavy atom. The van der Waals surface area contributed by atoms with Crippen LogP contribution in [-0.4, -0.2) is 22.2 Å². The number of benzene rings is 1. The fraction of sp³-hybridized carbons (Fsp3) is 0.357. The zero-order valence-electron chi connectivity index (χ0n) is 10.7. The molecule has 0 radical (unpaired) electrons. The van der Waals surface area contributed by atoms with Gasteiger partial charge in [0.05, 0.1) is 11.1 Å². The van der Waals surface area contributed by atoms with Gasteiger partial charge in [-0.05, 0) is 50.1 Å². The first-order chi connectivity index (χ1) is 8.58. The number of nitrogens with two attached hydrogens (primary N) is 1. The number of carbonyl (C=O) groups is 1. The van der Waals surface area contributed by atoms with E-state index in [9.17, 15) is 4.79 Å². The van der Waals surface area contributed by atoms with Crippen LogP contribution in [0.15, 0.2) is 18.3 Å². The lowest BCUT2D eigenvalue weighted by molar-refractivity contribution is 0.0697. The van der Waals surface area contributed by atoms with Crippen molar-refractivity contribution in [3.8, 4) is 0 Å². The van der Waals surface area contributed by atoms with Gasteiger partial charge in [-0.2, -0.15) is 0 Å². The van der Waals surface area contributed by atoms with E-state index in [2.05, 4.69) is 17.7 Å². The molecule has 2 aromatic rings. The highest BCUT2D eigenvalue weighted by Gasteiger charge is 2.13. The summed E-state index contributed by atoms with van der Waals surface area (Å²) in [5, 5.41) is 10.1. The average Bonchev–Trinajstić information content (AvgIpc) is 2.68. The third kappa shape index (κ3) is 1.99. The summed E-state index contributed by atoms with van der Waals surface area (Å²) in [6, 6.07) is 3.48. The molecule has 96 valence electrons. The van der Waals surface area contributed by atoms with Crippen LogP contribution in [0.4, 0.5) is 0 Å². The molecule has 0 aliphatic carbocycles. The Hall–Kier alpha value is -1.81. The van der Waals surface area contributed by atoms with E-state index in [0.717, 1.165) is 35.0 Å². The monoisotopic (exact) mass is 246 g/mol. The molecule has 0 saturated heterocycles. The number of aryl methyl sites for hydroxylation is 2. The molecule has 0 amide bonds. The summed E-state index contributed by atoms with van der Waals surface area (Å²) in [6.07, 6.45) is 2.85. The van der Waals surface area contributed by atoms with Crippen LogP contribution in [0, 0.1) is 6.92 Å². The van der Waals surface area contributed by atoms with Crippen molar-refractivity contribution >= 4 is 16.9 Å². The number of hydrogen-bond acceptors (Lipinski definition) is 2. The van der Waals surface area contributed by atoms with Crippen molar-refractivity contribution in [2.75, 3.05) is 6.54 Å². The Morgan fingerprint density at radius 2 is 2.17 bits per heavy atom. The summed E-state index contributed by atoms with van der Waals surface area (Å²) < 4.78 is 2.15. The van der Waals surface area contributed by atoms with Gasteiger partial charge in [0.25, 0.3) is 0 Å². The lowest BCUT2D eigenvalue weighted by atomic mass is 10.0. The fourth-order valence-corrected chi connectivity index (χ4v) is 2.46. The Kier molecular flexibility index (Phi) is 3.39. The second-order valence-electron chi connectivity index (χ2n) is 4.47. The van der Waals surface area contributed by atoms with E-state index in [4.69, 9.17) is 10.8 Å². The number of hydrogen-bond donors (Lipinski definition) is 2. The number of aromatic nitrogens is 1. The quantitative estimate of drug-likeness (QED) is 0.868. The molecule has 4 heteroatoms. The number of aromatic carboxylic acids is 1. The van der Waals surface area contributed by atoms with E-state index in [1.165, 1.54) is 0 Å². The van der Waals surface area contributed by atoms with E-state index >= 15 is 0 Å². The third-order valence-corrected chi connectivity index (χ3v) is 3.25. The van der Waals surface area contributed by atoms with Crippen molar-refractivity contribution in [3.05, 3.63) is 35.0 Å². The Bertz CT molecular complexity index is 599. The highest BCUT2D eigenvalue weighted by Crippen LogP contribution is 2.26. The largest absolute Gasteiger partial charge is 0.478 e. The predicted molar refractivity (Wildman–Crippen MR) is 72.1 cm³/mol. The summed E-state index contributed by atoms with van der Waals surface area (Å²) in [5.74, 6) is -0.886. The molecule has 0 aliphatic rings. The van der Waals surface area contributed by atoms with Gasteiger partial charge in [0.1, 0.15) is 0 Å². The van der Waals surface area contributed by atoms with Crippen molar-refractivity contribution in [2.24, 2.45) is 5.73 Å². The molecular formula is C14H18N2O2. The van der Waals surface area contributed by atoms with Crippen LogP contribution in [0.2, 0.25) is 0 Å². The lowest BCUT2D eigenvalue weighted by Gasteiger charge is -2.05. The summed E-state index contributed by atoms with van der Waals surface area (Å²) in [4.78, 5) is 11.1. The maximum Gasteiger partial charge on any atom is 0.335 e. The maximum absolute atomic E-state index is 11.1. The van der Waals surface area contributed by atoms with Gasteiger partial charge < -0.3 is 15.4 Å². The normalized spacial score (nSPS) is 11.1. The van der Waals surface area contributed by atoms with Crippen LogP contribution in [0.3, 0.4) is 0 Å². The molecule has 0 fully saturated rings.